The first-order valence-electron chi connectivity index (χ1n) is 7.51. The van der Waals surface area contributed by atoms with Gasteiger partial charge in [0, 0.05) is 11.4 Å². The van der Waals surface area contributed by atoms with Crippen LogP contribution in [0, 0.1) is 13.8 Å². The van der Waals surface area contributed by atoms with E-state index in [4.69, 9.17) is 16.3 Å². The topological polar surface area (TPSA) is 64.1 Å². The zero-order valence-corrected chi connectivity index (χ0v) is 15.1. The summed E-state index contributed by atoms with van der Waals surface area (Å²) in [7, 11) is 0. The number of rotatable bonds is 7. The average Bonchev–Trinajstić information content (AvgIpc) is 2.96. The molecule has 1 N–H and O–H groups in total. The molecule has 0 radical (unpaired) electrons. The third-order valence-corrected chi connectivity index (χ3v) is 4.82. The molecule has 5 nitrogen and oxygen atoms in total. The van der Waals surface area contributed by atoms with Gasteiger partial charge < -0.3 is 10.1 Å². The molecule has 23 heavy (non-hydrogen) atoms. The van der Waals surface area contributed by atoms with E-state index in [1.165, 1.54) is 11.3 Å². The minimum atomic E-state index is -0.0733. The molecule has 0 bridgehead atoms. The van der Waals surface area contributed by atoms with Crippen LogP contribution in [0.4, 0.5) is 5.13 Å². The molecular weight excluding hydrogens is 334 g/mol. The highest BCUT2D eigenvalue weighted by Gasteiger charge is 2.08. The molecule has 1 aromatic carbocycles. The number of hydrogen-bond donors (Lipinski definition) is 1. The molecule has 0 aliphatic carbocycles. The zero-order chi connectivity index (χ0) is 16.8. The van der Waals surface area contributed by atoms with E-state index in [1.807, 2.05) is 32.9 Å². The van der Waals surface area contributed by atoms with Crippen molar-refractivity contribution in [3.05, 3.63) is 33.3 Å². The highest BCUT2D eigenvalue weighted by molar-refractivity contribution is 7.15. The van der Waals surface area contributed by atoms with Gasteiger partial charge in [-0.2, -0.15) is 0 Å². The van der Waals surface area contributed by atoms with E-state index in [2.05, 4.69) is 15.5 Å². The Bertz CT molecular complexity index is 665. The Balaban J connectivity index is 1.73. The third kappa shape index (κ3) is 5.18. The van der Waals surface area contributed by atoms with Gasteiger partial charge in [-0.25, -0.2) is 0 Å². The van der Waals surface area contributed by atoms with Gasteiger partial charge in [-0.3, -0.25) is 4.79 Å². The van der Waals surface area contributed by atoms with E-state index in [0.29, 0.717) is 24.6 Å². The molecule has 0 saturated heterocycles. The van der Waals surface area contributed by atoms with Crippen molar-refractivity contribution in [2.45, 2.75) is 40.0 Å². The van der Waals surface area contributed by atoms with E-state index >= 15 is 0 Å². The molecule has 0 aliphatic rings. The molecule has 1 amide bonds. The Kier molecular flexibility index (Phi) is 6.36. The van der Waals surface area contributed by atoms with E-state index in [1.54, 1.807) is 0 Å². The minimum Gasteiger partial charge on any atom is -0.494 e. The summed E-state index contributed by atoms with van der Waals surface area (Å²) in [6.07, 6.45) is 1.83. The second-order valence-corrected chi connectivity index (χ2v) is 6.67. The Hall–Kier alpha value is -1.66. The smallest absolute Gasteiger partial charge is 0.226 e. The molecule has 0 spiro atoms. The summed E-state index contributed by atoms with van der Waals surface area (Å²) in [6, 6.07) is 3.81. The van der Waals surface area contributed by atoms with Crippen molar-refractivity contribution >= 4 is 34.0 Å². The van der Waals surface area contributed by atoms with Crippen LogP contribution in [0.1, 0.15) is 35.9 Å². The van der Waals surface area contributed by atoms with E-state index in [-0.39, 0.29) is 5.91 Å². The lowest BCUT2D eigenvalue weighted by Gasteiger charge is -2.09. The predicted octanol–water partition coefficient (Wildman–Crippen LogP) is 4.17. The summed E-state index contributed by atoms with van der Waals surface area (Å²) >= 11 is 7.53. The number of amides is 1. The number of anilines is 1. The first kappa shape index (κ1) is 17.7. The van der Waals surface area contributed by atoms with Gasteiger partial charge in [0.1, 0.15) is 10.8 Å². The molecular formula is C16H20ClN3O2S. The maximum absolute atomic E-state index is 11.8. The molecule has 0 unspecified atom stereocenters. The van der Waals surface area contributed by atoms with Gasteiger partial charge in [0.15, 0.2) is 0 Å². The summed E-state index contributed by atoms with van der Waals surface area (Å²) in [6.45, 7) is 6.37. The fourth-order valence-electron chi connectivity index (χ4n) is 2.04. The fourth-order valence-corrected chi connectivity index (χ4v) is 2.85. The van der Waals surface area contributed by atoms with Crippen molar-refractivity contribution < 1.29 is 9.53 Å². The van der Waals surface area contributed by atoms with Crippen molar-refractivity contribution in [3.63, 3.8) is 0 Å². The molecule has 1 aromatic heterocycles. The minimum absolute atomic E-state index is 0.0733. The number of ether oxygens (including phenoxy) is 1. The van der Waals surface area contributed by atoms with Crippen LogP contribution >= 0.6 is 22.9 Å². The molecule has 2 rings (SSSR count). The Labute approximate surface area is 145 Å². The van der Waals surface area contributed by atoms with Crippen LogP contribution in [0.15, 0.2) is 12.1 Å². The Morgan fingerprint density at radius 3 is 2.61 bits per heavy atom. The standard InChI is InChI=1S/C16H20ClN3O2S/c1-4-14-19-20-16(23-14)18-13(21)6-5-7-22-12-8-10(2)15(17)11(3)9-12/h8-9H,4-7H2,1-3H3,(H,18,20,21). The molecule has 7 heteroatoms. The van der Waals surface area contributed by atoms with Gasteiger partial charge in [-0.1, -0.05) is 29.9 Å². The fraction of sp³-hybridized carbons (Fsp3) is 0.438. The number of hydrogen-bond acceptors (Lipinski definition) is 5. The van der Waals surface area contributed by atoms with Crippen molar-refractivity contribution in [2.24, 2.45) is 0 Å². The van der Waals surface area contributed by atoms with Crippen LogP contribution in [-0.2, 0) is 11.2 Å². The van der Waals surface area contributed by atoms with Crippen LogP contribution in [0.25, 0.3) is 0 Å². The van der Waals surface area contributed by atoms with Crippen LogP contribution < -0.4 is 10.1 Å². The number of carbonyl (C=O) groups is 1. The summed E-state index contributed by atoms with van der Waals surface area (Å²) < 4.78 is 5.68. The highest BCUT2D eigenvalue weighted by Crippen LogP contribution is 2.26. The first-order chi connectivity index (χ1) is 11.0. The quantitative estimate of drug-likeness (QED) is 0.759. The van der Waals surface area contributed by atoms with Crippen molar-refractivity contribution in [1.29, 1.82) is 0 Å². The number of benzene rings is 1. The number of aryl methyl sites for hydroxylation is 3. The lowest BCUT2D eigenvalue weighted by molar-refractivity contribution is -0.116. The molecule has 0 saturated carbocycles. The number of aromatic nitrogens is 2. The van der Waals surface area contributed by atoms with Crippen molar-refractivity contribution in [2.75, 3.05) is 11.9 Å². The number of halogens is 1. The van der Waals surface area contributed by atoms with Crippen LogP contribution in [0.2, 0.25) is 5.02 Å². The predicted molar refractivity (Wildman–Crippen MR) is 93.6 cm³/mol. The summed E-state index contributed by atoms with van der Waals surface area (Å²) in [4.78, 5) is 11.8. The normalized spacial score (nSPS) is 10.6. The zero-order valence-electron chi connectivity index (χ0n) is 13.5. The third-order valence-electron chi connectivity index (χ3n) is 3.24. The van der Waals surface area contributed by atoms with Crippen molar-refractivity contribution in [1.82, 2.24) is 10.2 Å². The monoisotopic (exact) mass is 353 g/mol. The molecule has 2 aromatic rings. The molecule has 1 heterocycles. The van der Waals surface area contributed by atoms with Crippen LogP contribution in [-0.4, -0.2) is 22.7 Å². The largest absolute Gasteiger partial charge is 0.494 e. The lowest BCUT2D eigenvalue weighted by Crippen LogP contribution is -2.12. The van der Waals surface area contributed by atoms with Gasteiger partial charge in [0.05, 0.1) is 6.61 Å². The van der Waals surface area contributed by atoms with Crippen molar-refractivity contribution in [3.8, 4) is 5.75 Å². The first-order valence-corrected chi connectivity index (χ1v) is 8.70. The molecule has 0 aliphatic heterocycles. The number of nitrogens with one attached hydrogen (secondary N) is 1. The summed E-state index contributed by atoms with van der Waals surface area (Å²) in [5.74, 6) is 0.706. The van der Waals surface area contributed by atoms with Gasteiger partial charge in [0.25, 0.3) is 0 Å². The van der Waals surface area contributed by atoms with Gasteiger partial charge in [-0.05, 0) is 49.9 Å². The average molecular weight is 354 g/mol. The SMILES string of the molecule is CCc1nnc(NC(=O)CCCOc2cc(C)c(Cl)c(C)c2)s1. The van der Waals surface area contributed by atoms with Gasteiger partial charge >= 0.3 is 0 Å². The van der Waals surface area contributed by atoms with Gasteiger partial charge in [-0.15, -0.1) is 10.2 Å². The van der Waals surface area contributed by atoms with Crippen LogP contribution in [0.3, 0.4) is 0 Å². The summed E-state index contributed by atoms with van der Waals surface area (Å²) in [5, 5.41) is 12.9. The van der Waals surface area contributed by atoms with E-state index in [0.717, 1.165) is 33.3 Å². The Morgan fingerprint density at radius 1 is 1.30 bits per heavy atom. The second-order valence-electron chi connectivity index (χ2n) is 5.23. The van der Waals surface area contributed by atoms with E-state index in [9.17, 15) is 4.79 Å². The highest BCUT2D eigenvalue weighted by atomic mass is 35.5. The maximum atomic E-state index is 11.8. The molecule has 0 fully saturated rings. The molecule has 124 valence electrons. The lowest BCUT2D eigenvalue weighted by atomic mass is 10.1. The van der Waals surface area contributed by atoms with Gasteiger partial charge in [0.2, 0.25) is 11.0 Å². The van der Waals surface area contributed by atoms with E-state index < -0.39 is 0 Å². The van der Waals surface area contributed by atoms with Crippen LogP contribution in [0.5, 0.6) is 5.75 Å². The summed E-state index contributed by atoms with van der Waals surface area (Å²) in [5.41, 5.74) is 1.98. The number of nitrogens with zero attached hydrogens (tertiary/aromatic N) is 2. The second kappa shape index (κ2) is 8.26. The number of carbonyl (C=O) groups excluding carboxylic acids is 1. The Morgan fingerprint density at radius 2 is 2.00 bits per heavy atom. The molecule has 0 atom stereocenters. The maximum Gasteiger partial charge on any atom is 0.226 e.